The average molecular weight is 550 g/mol. The third kappa shape index (κ3) is 6.79. The largest absolute Gasteiger partial charge is 0.444 e. The summed E-state index contributed by atoms with van der Waals surface area (Å²) in [7, 11) is 0. The quantitative estimate of drug-likeness (QED) is 0.395. The lowest BCUT2D eigenvalue weighted by molar-refractivity contribution is -0.141. The van der Waals surface area contributed by atoms with E-state index in [1.807, 2.05) is 33.8 Å². The number of nitrogens with one attached hydrogen (secondary N) is 1. The summed E-state index contributed by atoms with van der Waals surface area (Å²) in [6.07, 6.45) is -0.862. The summed E-state index contributed by atoms with van der Waals surface area (Å²) >= 11 is 1.35. The summed E-state index contributed by atoms with van der Waals surface area (Å²) in [5.74, 6) is -0.163. The van der Waals surface area contributed by atoms with E-state index in [-0.39, 0.29) is 5.95 Å². The van der Waals surface area contributed by atoms with Crippen LogP contribution in [0, 0.1) is 6.92 Å². The molecule has 4 rings (SSSR count). The highest BCUT2D eigenvalue weighted by atomic mass is 32.1. The molecule has 8 nitrogen and oxygen atoms in total. The molecule has 0 radical (unpaired) electrons. The fraction of sp³-hybridized carbons (Fsp3) is 0.462. The lowest BCUT2D eigenvalue weighted by Crippen LogP contribution is -2.38. The van der Waals surface area contributed by atoms with Gasteiger partial charge in [0.25, 0.3) is 0 Å². The van der Waals surface area contributed by atoms with Gasteiger partial charge in [-0.2, -0.15) is 13.2 Å². The van der Waals surface area contributed by atoms with Crippen molar-refractivity contribution in [2.24, 2.45) is 0 Å². The van der Waals surface area contributed by atoms with Crippen molar-refractivity contribution < 1.29 is 27.8 Å². The molecule has 3 aromatic rings. The van der Waals surface area contributed by atoms with E-state index in [0.717, 1.165) is 28.3 Å². The van der Waals surface area contributed by atoms with E-state index in [1.54, 1.807) is 23.2 Å². The second-order valence-corrected chi connectivity index (χ2v) is 11.4. The summed E-state index contributed by atoms with van der Waals surface area (Å²) in [5.41, 5.74) is -0.633. The zero-order chi connectivity index (χ0) is 27.7. The molecule has 0 unspecified atom stereocenters. The number of carbonyl (C=O) groups is 1. The molecule has 1 amide bonds. The van der Waals surface area contributed by atoms with E-state index >= 15 is 0 Å². The fourth-order valence-corrected chi connectivity index (χ4v) is 5.22. The Balaban J connectivity index is 1.51. The lowest BCUT2D eigenvalue weighted by Gasteiger charge is -2.27. The molecule has 0 saturated carbocycles. The number of aliphatic hydroxyl groups is 1. The summed E-state index contributed by atoms with van der Waals surface area (Å²) in [5, 5.41) is 14.9. The number of ether oxygens (including phenoxy) is 1. The number of thiazole rings is 1. The first-order chi connectivity index (χ1) is 17.7. The number of rotatable bonds is 4. The predicted octanol–water partition coefficient (Wildman–Crippen LogP) is 6.28. The molecular weight excluding hydrogens is 519 g/mol. The third-order valence-electron chi connectivity index (χ3n) is 5.93. The number of benzene rings is 1. The summed E-state index contributed by atoms with van der Waals surface area (Å²) in [6.45, 7) is 8.14. The third-order valence-corrected chi connectivity index (χ3v) is 7.17. The lowest BCUT2D eigenvalue weighted by atomic mass is 9.96. The molecule has 1 aromatic carbocycles. The van der Waals surface area contributed by atoms with Gasteiger partial charge < -0.3 is 20.1 Å². The first-order valence-corrected chi connectivity index (χ1v) is 13.0. The molecule has 1 atom stereocenters. The monoisotopic (exact) mass is 549 g/mol. The molecule has 0 bridgehead atoms. The minimum absolute atomic E-state index is 0.163. The van der Waals surface area contributed by atoms with Gasteiger partial charge >= 0.3 is 12.3 Å². The van der Waals surface area contributed by atoms with Crippen LogP contribution in [0.1, 0.15) is 56.3 Å². The van der Waals surface area contributed by atoms with Crippen molar-refractivity contribution in [3.8, 4) is 10.4 Å². The van der Waals surface area contributed by atoms with Crippen molar-refractivity contribution >= 4 is 29.1 Å². The Kier molecular flexibility index (Phi) is 7.67. The van der Waals surface area contributed by atoms with Crippen molar-refractivity contribution in [2.45, 2.75) is 64.3 Å². The number of alkyl halides is 3. The molecule has 2 aromatic heterocycles. The van der Waals surface area contributed by atoms with Crippen LogP contribution in [0.3, 0.4) is 0 Å². The van der Waals surface area contributed by atoms with Crippen LogP contribution in [0.4, 0.5) is 29.6 Å². The Morgan fingerprint density at radius 2 is 1.92 bits per heavy atom. The predicted molar refractivity (Wildman–Crippen MR) is 138 cm³/mol. The van der Waals surface area contributed by atoms with Crippen molar-refractivity contribution in [3.05, 3.63) is 52.9 Å². The molecule has 1 aliphatic heterocycles. The highest BCUT2D eigenvalue weighted by molar-refractivity contribution is 7.15. The van der Waals surface area contributed by atoms with Gasteiger partial charge in [0, 0.05) is 37.6 Å². The number of halogens is 3. The molecule has 1 aliphatic rings. The highest BCUT2D eigenvalue weighted by Gasteiger charge is 2.37. The smallest absolute Gasteiger partial charge is 0.433 e. The van der Waals surface area contributed by atoms with E-state index in [9.17, 15) is 23.1 Å². The van der Waals surface area contributed by atoms with Gasteiger partial charge in [-0.25, -0.2) is 19.7 Å². The van der Waals surface area contributed by atoms with Crippen molar-refractivity contribution in [1.29, 1.82) is 0 Å². The molecular formula is C26H30F3N5O3S. The topological polar surface area (TPSA) is 100 Å². The van der Waals surface area contributed by atoms with E-state index < -0.39 is 29.2 Å². The van der Waals surface area contributed by atoms with Gasteiger partial charge in [-0.1, -0.05) is 6.07 Å². The second kappa shape index (κ2) is 10.5. The Labute approximate surface area is 222 Å². The fourth-order valence-electron chi connectivity index (χ4n) is 4.17. The van der Waals surface area contributed by atoms with Crippen LogP contribution in [-0.2, 0) is 16.5 Å². The summed E-state index contributed by atoms with van der Waals surface area (Å²) in [4.78, 5) is 26.9. The van der Waals surface area contributed by atoms with E-state index in [1.165, 1.54) is 11.3 Å². The van der Waals surface area contributed by atoms with Crippen LogP contribution >= 0.6 is 11.3 Å². The van der Waals surface area contributed by atoms with E-state index in [0.29, 0.717) is 43.0 Å². The first-order valence-electron chi connectivity index (χ1n) is 12.2. The molecule has 3 heterocycles. The number of hydrogen-bond acceptors (Lipinski definition) is 8. The Hall–Kier alpha value is -3.25. The number of anilines is 2. The second-order valence-electron chi connectivity index (χ2n) is 10.4. The van der Waals surface area contributed by atoms with Gasteiger partial charge in [-0.05, 0) is 69.9 Å². The van der Waals surface area contributed by atoms with Crippen LogP contribution in [0.5, 0.6) is 0 Å². The van der Waals surface area contributed by atoms with Gasteiger partial charge in [-0.3, -0.25) is 0 Å². The minimum atomic E-state index is -4.57. The van der Waals surface area contributed by atoms with Crippen molar-refractivity contribution in [3.63, 3.8) is 0 Å². The summed E-state index contributed by atoms with van der Waals surface area (Å²) in [6, 6.07) is 6.29. The number of likely N-dealkylation sites (tertiary alicyclic amines) is 1. The van der Waals surface area contributed by atoms with Crippen LogP contribution in [-0.4, -0.2) is 49.7 Å². The molecule has 12 heteroatoms. The van der Waals surface area contributed by atoms with Crippen LogP contribution in [0.25, 0.3) is 10.4 Å². The molecule has 0 aliphatic carbocycles. The highest BCUT2D eigenvalue weighted by Crippen LogP contribution is 2.39. The molecule has 38 heavy (non-hydrogen) atoms. The Bertz CT molecular complexity index is 1310. The van der Waals surface area contributed by atoms with Crippen molar-refractivity contribution in [1.82, 2.24) is 19.9 Å². The van der Waals surface area contributed by atoms with Gasteiger partial charge in [0.05, 0.1) is 4.88 Å². The number of amides is 1. The normalized spacial score (nSPS) is 18.7. The number of carbonyl (C=O) groups excluding carboxylic acids is 1. The average Bonchev–Trinajstić information content (AvgIpc) is 3.22. The molecule has 2 N–H and O–H groups in total. The molecule has 0 spiro atoms. The SMILES string of the molecule is Cc1cc(Nc2nccc(C(F)(F)F)n2)cc(-c2cnc([C@@]3(O)CCCN(C(=O)OC(C)(C)C)CC3)s2)c1. The first kappa shape index (κ1) is 27.8. The van der Waals surface area contributed by atoms with Gasteiger partial charge in [0.15, 0.2) is 0 Å². The standard InChI is InChI=1S/C26H30F3N5O3S/c1-16-12-17(14-18(13-16)32-22-30-9-6-20(33-22)26(27,28)29)19-15-31-21(38-19)25(36)7-5-10-34(11-8-25)23(35)37-24(2,3)4/h6,9,12-15,36H,5,7-8,10-11H2,1-4H3,(H,30,32,33)/t25-/m1/s1. The molecule has 1 saturated heterocycles. The van der Waals surface area contributed by atoms with Gasteiger partial charge in [0.1, 0.15) is 21.9 Å². The molecule has 204 valence electrons. The minimum Gasteiger partial charge on any atom is -0.444 e. The number of nitrogens with zero attached hydrogens (tertiary/aromatic N) is 4. The maximum atomic E-state index is 13.0. The van der Waals surface area contributed by atoms with Crippen LogP contribution in [0.15, 0.2) is 36.7 Å². The van der Waals surface area contributed by atoms with Gasteiger partial charge in [0.2, 0.25) is 5.95 Å². The summed E-state index contributed by atoms with van der Waals surface area (Å²) < 4.78 is 44.6. The number of hydrogen-bond donors (Lipinski definition) is 2. The Morgan fingerprint density at radius 3 is 2.63 bits per heavy atom. The van der Waals surface area contributed by atoms with Crippen molar-refractivity contribution in [2.75, 3.05) is 18.4 Å². The number of aromatic nitrogens is 3. The zero-order valence-electron chi connectivity index (χ0n) is 21.6. The number of aryl methyl sites for hydroxylation is 1. The maximum absolute atomic E-state index is 13.0. The maximum Gasteiger partial charge on any atom is 0.433 e. The van der Waals surface area contributed by atoms with E-state index in [2.05, 4.69) is 20.3 Å². The van der Waals surface area contributed by atoms with Gasteiger partial charge in [-0.15, -0.1) is 11.3 Å². The van der Waals surface area contributed by atoms with Crippen LogP contribution in [0.2, 0.25) is 0 Å². The van der Waals surface area contributed by atoms with E-state index in [4.69, 9.17) is 4.74 Å². The Morgan fingerprint density at radius 1 is 1.16 bits per heavy atom. The zero-order valence-corrected chi connectivity index (χ0v) is 22.4. The molecule has 1 fully saturated rings. The van der Waals surface area contributed by atoms with Crippen LogP contribution < -0.4 is 5.32 Å².